The van der Waals surface area contributed by atoms with Gasteiger partial charge in [0.1, 0.15) is 5.82 Å². The van der Waals surface area contributed by atoms with Crippen molar-refractivity contribution in [3.63, 3.8) is 0 Å². The SMILES string of the molecule is CCCCOc1nc(-c2ccc(F)cc2)cc(-c2ccccc2S(N)(=O)=O)c1CN(C)C. The van der Waals surface area contributed by atoms with E-state index in [1.165, 1.54) is 18.2 Å². The summed E-state index contributed by atoms with van der Waals surface area (Å²) in [6.45, 7) is 3.03. The molecule has 32 heavy (non-hydrogen) atoms. The Bertz CT molecular complexity index is 1180. The third kappa shape index (κ3) is 5.70. The van der Waals surface area contributed by atoms with Crippen LogP contribution in [-0.2, 0) is 16.6 Å². The molecule has 6 nitrogen and oxygen atoms in total. The molecule has 0 aliphatic heterocycles. The standard InChI is InChI=1S/C24H28FN3O3S/c1-4-5-14-31-24-21(16-28(2)3)20(19-8-6-7-9-23(19)32(26,29)30)15-22(27-24)17-10-12-18(25)13-11-17/h6-13,15H,4-5,14,16H2,1-3H3,(H2,26,29,30). The van der Waals surface area contributed by atoms with E-state index in [4.69, 9.17) is 14.9 Å². The second-order valence-electron chi connectivity index (χ2n) is 7.83. The van der Waals surface area contributed by atoms with E-state index in [0.29, 0.717) is 41.4 Å². The smallest absolute Gasteiger partial charge is 0.238 e. The van der Waals surface area contributed by atoms with E-state index < -0.39 is 10.0 Å². The van der Waals surface area contributed by atoms with E-state index >= 15 is 0 Å². The van der Waals surface area contributed by atoms with Gasteiger partial charge >= 0.3 is 0 Å². The molecule has 1 heterocycles. The van der Waals surface area contributed by atoms with Gasteiger partial charge in [-0.1, -0.05) is 31.5 Å². The zero-order valence-electron chi connectivity index (χ0n) is 18.5. The van der Waals surface area contributed by atoms with Gasteiger partial charge in [-0.2, -0.15) is 0 Å². The van der Waals surface area contributed by atoms with Crippen LogP contribution < -0.4 is 9.88 Å². The minimum Gasteiger partial charge on any atom is -0.477 e. The lowest BCUT2D eigenvalue weighted by atomic mass is 9.97. The highest BCUT2D eigenvalue weighted by Gasteiger charge is 2.22. The van der Waals surface area contributed by atoms with Crippen LogP contribution in [0.15, 0.2) is 59.5 Å². The summed E-state index contributed by atoms with van der Waals surface area (Å²) < 4.78 is 44.2. The second kappa shape index (κ2) is 10.2. The van der Waals surface area contributed by atoms with Gasteiger partial charge < -0.3 is 9.64 Å². The molecule has 0 aliphatic carbocycles. The molecule has 170 valence electrons. The summed E-state index contributed by atoms with van der Waals surface area (Å²) in [7, 11) is -0.137. The van der Waals surface area contributed by atoms with E-state index in [2.05, 4.69) is 6.92 Å². The Kier molecular flexibility index (Phi) is 7.60. The molecule has 0 unspecified atom stereocenters. The first-order valence-electron chi connectivity index (χ1n) is 10.4. The average molecular weight is 458 g/mol. The number of benzene rings is 2. The fourth-order valence-corrected chi connectivity index (χ4v) is 4.15. The lowest BCUT2D eigenvalue weighted by Crippen LogP contribution is -2.16. The molecule has 8 heteroatoms. The molecule has 2 N–H and O–H groups in total. The Balaban J connectivity index is 2.31. The lowest BCUT2D eigenvalue weighted by molar-refractivity contribution is 0.288. The number of aromatic nitrogens is 1. The molecule has 0 aliphatic rings. The number of rotatable bonds is 9. The van der Waals surface area contributed by atoms with Crippen molar-refractivity contribution in [3.05, 3.63) is 66.0 Å². The maximum absolute atomic E-state index is 13.5. The Hall–Kier alpha value is -2.81. The van der Waals surface area contributed by atoms with Crippen molar-refractivity contribution in [2.24, 2.45) is 5.14 Å². The molecule has 0 fully saturated rings. The van der Waals surface area contributed by atoms with Crippen LogP contribution in [0.3, 0.4) is 0 Å². The first-order chi connectivity index (χ1) is 15.2. The maximum atomic E-state index is 13.5. The highest BCUT2D eigenvalue weighted by molar-refractivity contribution is 7.89. The van der Waals surface area contributed by atoms with E-state index in [1.807, 2.05) is 25.1 Å². The molecule has 0 spiro atoms. The highest BCUT2D eigenvalue weighted by Crippen LogP contribution is 2.37. The molecule has 2 aromatic carbocycles. The second-order valence-corrected chi connectivity index (χ2v) is 9.36. The Morgan fingerprint density at radius 1 is 1.06 bits per heavy atom. The molecule has 0 radical (unpaired) electrons. The summed E-state index contributed by atoms with van der Waals surface area (Å²) in [6, 6.07) is 14.4. The van der Waals surface area contributed by atoms with Crippen molar-refractivity contribution >= 4 is 10.0 Å². The van der Waals surface area contributed by atoms with Crippen molar-refractivity contribution in [1.82, 2.24) is 9.88 Å². The first-order valence-corrected chi connectivity index (χ1v) is 11.9. The van der Waals surface area contributed by atoms with E-state index in [-0.39, 0.29) is 10.7 Å². The molecule has 0 saturated carbocycles. The number of halogens is 1. The van der Waals surface area contributed by atoms with Gasteiger partial charge in [0.05, 0.1) is 17.2 Å². The van der Waals surface area contributed by atoms with Crippen LogP contribution in [-0.4, -0.2) is 39.0 Å². The number of sulfonamides is 1. The first kappa shape index (κ1) is 23.8. The number of nitrogens with zero attached hydrogens (tertiary/aromatic N) is 2. The molecule has 0 atom stereocenters. The summed E-state index contributed by atoms with van der Waals surface area (Å²) in [6.07, 6.45) is 1.81. The fraction of sp³-hybridized carbons (Fsp3) is 0.292. The monoisotopic (exact) mass is 457 g/mol. The third-order valence-electron chi connectivity index (χ3n) is 4.92. The van der Waals surface area contributed by atoms with Gasteiger partial charge in [-0.05, 0) is 62.5 Å². The van der Waals surface area contributed by atoms with Gasteiger partial charge in [-0.25, -0.2) is 22.9 Å². The van der Waals surface area contributed by atoms with Gasteiger partial charge in [0.25, 0.3) is 0 Å². The van der Waals surface area contributed by atoms with Crippen molar-refractivity contribution < 1.29 is 17.5 Å². The summed E-state index contributed by atoms with van der Waals surface area (Å²) >= 11 is 0. The van der Waals surface area contributed by atoms with E-state index in [0.717, 1.165) is 18.4 Å². The van der Waals surface area contributed by atoms with Gasteiger partial charge in [0, 0.05) is 23.2 Å². The number of hydrogen-bond acceptors (Lipinski definition) is 5. The van der Waals surface area contributed by atoms with Crippen LogP contribution in [0.2, 0.25) is 0 Å². The number of hydrogen-bond donors (Lipinski definition) is 1. The summed E-state index contributed by atoms with van der Waals surface area (Å²) in [4.78, 5) is 6.71. The topological polar surface area (TPSA) is 85.5 Å². The molecule has 3 rings (SSSR count). The Morgan fingerprint density at radius 3 is 2.38 bits per heavy atom. The molecule has 0 saturated heterocycles. The molecule has 0 bridgehead atoms. The van der Waals surface area contributed by atoms with Gasteiger partial charge in [0.2, 0.25) is 15.9 Å². The van der Waals surface area contributed by atoms with Crippen molar-refractivity contribution in [2.45, 2.75) is 31.2 Å². The Labute approximate surface area is 188 Å². The van der Waals surface area contributed by atoms with Gasteiger partial charge in [-0.3, -0.25) is 0 Å². The van der Waals surface area contributed by atoms with Crippen LogP contribution in [0.4, 0.5) is 4.39 Å². The van der Waals surface area contributed by atoms with Gasteiger partial charge in [-0.15, -0.1) is 0 Å². The quantitative estimate of drug-likeness (QED) is 0.480. The number of unbranched alkanes of at least 4 members (excludes halogenated alkanes) is 1. The minimum atomic E-state index is -3.97. The van der Waals surface area contributed by atoms with Crippen LogP contribution in [0.1, 0.15) is 25.3 Å². The summed E-state index contributed by atoms with van der Waals surface area (Å²) in [5.41, 5.74) is 3.13. The molecular weight excluding hydrogens is 429 g/mol. The normalized spacial score (nSPS) is 11.7. The van der Waals surface area contributed by atoms with E-state index in [9.17, 15) is 12.8 Å². The number of nitrogens with two attached hydrogens (primary N) is 1. The van der Waals surface area contributed by atoms with Gasteiger partial charge in [0.15, 0.2) is 0 Å². The number of primary sulfonamides is 1. The summed E-state index contributed by atoms with van der Waals surface area (Å²) in [5.74, 6) is 0.0744. The largest absolute Gasteiger partial charge is 0.477 e. The zero-order valence-corrected chi connectivity index (χ0v) is 19.3. The van der Waals surface area contributed by atoms with Crippen molar-refractivity contribution in [2.75, 3.05) is 20.7 Å². The van der Waals surface area contributed by atoms with E-state index in [1.54, 1.807) is 30.3 Å². The lowest BCUT2D eigenvalue weighted by Gasteiger charge is -2.21. The molecular formula is C24H28FN3O3S. The van der Waals surface area contributed by atoms with Crippen molar-refractivity contribution in [1.29, 1.82) is 0 Å². The van der Waals surface area contributed by atoms with Crippen LogP contribution in [0.25, 0.3) is 22.4 Å². The molecule has 1 aromatic heterocycles. The van der Waals surface area contributed by atoms with Crippen molar-refractivity contribution in [3.8, 4) is 28.3 Å². The molecule has 0 amide bonds. The Morgan fingerprint density at radius 2 is 1.75 bits per heavy atom. The van der Waals surface area contributed by atoms with Crippen LogP contribution in [0.5, 0.6) is 5.88 Å². The maximum Gasteiger partial charge on any atom is 0.238 e. The van der Waals surface area contributed by atoms with Crippen LogP contribution in [0, 0.1) is 5.82 Å². The number of ether oxygens (including phenoxy) is 1. The number of pyridine rings is 1. The summed E-state index contributed by atoms with van der Waals surface area (Å²) in [5, 5.41) is 5.52. The zero-order chi connectivity index (χ0) is 23.3. The highest BCUT2D eigenvalue weighted by atomic mass is 32.2. The minimum absolute atomic E-state index is 0.0239. The predicted molar refractivity (Wildman–Crippen MR) is 124 cm³/mol. The predicted octanol–water partition coefficient (Wildman–Crippen LogP) is 4.44. The average Bonchev–Trinajstić information content (AvgIpc) is 2.74. The third-order valence-corrected chi connectivity index (χ3v) is 5.89. The van der Waals surface area contributed by atoms with Crippen LogP contribution >= 0.6 is 0 Å². The fourth-order valence-electron chi connectivity index (χ4n) is 3.40. The molecule has 3 aromatic rings.